The largest absolute Gasteiger partial charge is 0.330 e. The lowest BCUT2D eigenvalue weighted by molar-refractivity contribution is 0.147. The van der Waals surface area contributed by atoms with Crippen molar-refractivity contribution in [1.82, 2.24) is 9.88 Å². The van der Waals surface area contributed by atoms with Crippen molar-refractivity contribution in [3.8, 4) is 0 Å². The van der Waals surface area contributed by atoms with Crippen LogP contribution in [0.25, 0.3) is 0 Å². The summed E-state index contributed by atoms with van der Waals surface area (Å²) in [6, 6.07) is 4.79. The third-order valence-corrected chi connectivity index (χ3v) is 3.33. The lowest BCUT2D eigenvalue weighted by Gasteiger charge is -2.35. The van der Waals surface area contributed by atoms with Gasteiger partial charge in [0.1, 0.15) is 0 Å². The molecule has 0 bridgehead atoms. The zero-order valence-corrected chi connectivity index (χ0v) is 12.3. The molecule has 0 aromatic carbocycles. The summed E-state index contributed by atoms with van der Waals surface area (Å²) in [5, 5.41) is 0. The van der Waals surface area contributed by atoms with Crippen molar-refractivity contribution in [3.05, 3.63) is 30.1 Å². The van der Waals surface area contributed by atoms with Crippen molar-refractivity contribution in [2.75, 3.05) is 19.6 Å². The van der Waals surface area contributed by atoms with Crippen molar-refractivity contribution in [1.29, 1.82) is 0 Å². The fourth-order valence-electron chi connectivity index (χ4n) is 2.50. The van der Waals surface area contributed by atoms with Gasteiger partial charge in [-0.1, -0.05) is 12.5 Å². The molecule has 1 fully saturated rings. The monoisotopic (exact) mass is 291 g/mol. The van der Waals surface area contributed by atoms with E-state index in [0.717, 1.165) is 19.5 Å². The minimum Gasteiger partial charge on any atom is -0.330 e. The van der Waals surface area contributed by atoms with Crippen LogP contribution in [-0.4, -0.2) is 29.5 Å². The first kappa shape index (κ1) is 17.6. The summed E-state index contributed by atoms with van der Waals surface area (Å²) in [6.45, 7) is 3.12. The smallest absolute Gasteiger partial charge is 0.0363 e. The van der Waals surface area contributed by atoms with Crippen LogP contribution in [0, 0.1) is 0 Å². The highest BCUT2D eigenvalue weighted by Gasteiger charge is 2.23. The Kier molecular flexibility index (Phi) is 9.38. The topological polar surface area (TPSA) is 42.1 Å². The van der Waals surface area contributed by atoms with E-state index in [1.54, 1.807) is 0 Å². The van der Waals surface area contributed by atoms with Crippen LogP contribution in [0.1, 0.15) is 37.3 Å². The van der Waals surface area contributed by atoms with Crippen LogP contribution in [0.2, 0.25) is 0 Å². The highest BCUT2D eigenvalue weighted by molar-refractivity contribution is 5.85. The zero-order chi connectivity index (χ0) is 11.2. The summed E-state index contributed by atoms with van der Waals surface area (Å²) in [6.07, 6.45) is 8.86. The summed E-state index contributed by atoms with van der Waals surface area (Å²) >= 11 is 0. The van der Waals surface area contributed by atoms with E-state index >= 15 is 0 Å². The molecule has 1 atom stereocenters. The third-order valence-electron chi connectivity index (χ3n) is 3.33. The van der Waals surface area contributed by atoms with E-state index in [9.17, 15) is 0 Å². The van der Waals surface area contributed by atoms with Gasteiger partial charge in [-0.25, -0.2) is 0 Å². The van der Waals surface area contributed by atoms with Gasteiger partial charge in [0.05, 0.1) is 0 Å². The quantitative estimate of drug-likeness (QED) is 0.928. The van der Waals surface area contributed by atoms with Gasteiger partial charge in [0.2, 0.25) is 0 Å². The molecule has 0 unspecified atom stereocenters. The summed E-state index contributed by atoms with van der Waals surface area (Å²) in [5.74, 6) is 0. The second kappa shape index (κ2) is 9.56. The zero-order valence-electron chi connectivity index (χ0n) is 10.6. The van der Waals surface area contributed by atoms with E-state index in [0.29, 0.717) is 6.04 Å². The first-order chi connectivity index (χ1) is 7.92. The van der Waals surface area contributed by atoms with E-state index in [1.807, 2.05) is 18.5 Å². The van der Waals surface area contributed by atoms with Gasteiger partial charge in [-0.3, -0.25) is 9.88 Å². The van der Waals surface area contributed by atoms with Gasteiger partial charge >= 0.3 is 0 Å². The first-order valence-electron chi connectivity index (χ1n) is 6.26. The van der Waals surface area contributed by atoms with E-state index in [-0.39, 0.29) is 24.8 Å². The van der Waals surface area contributed by atoms with Gasteiger partial charge in [0, 0.05) is 18.4 Å². The summed E-state index contributed by atoms with van der Waals surface area (Å²) in [5.41, 5.74) is 6.95. The van der Waals surface area contributed by atoms with Gasteiger partial charge in [0.25, 0.3) is 0 Å². The SMILES string of the molecule is Cl.Cl.NCCCN1CCCC[C@@H]1c1cccnc1. The lowest BCUT2D eigenvalue weighted by Crippen LogP contribution is -2.35. The predicted octanol–water partition coefficient (Wildman–Crippen LogP) is 2.80. The highest BCUT2D eigenvalue weighted by Crippen LogP contribution is 2.30. The van der Waals surface area contributed by atoms with Crippen LogP contribution in [0.3, 0.4) is 0 Å². The molecule has 0 radical (unpaired) electrons. The molecule has 2 heterocycles. The van der Waals surface area contributed by atoms with Gasteiger partial charge in [-0.2, -0.15) is 0 Å². The number of pyridine rings is 1. The van der Waals surface area contributed by atoms with Crippen molar-refractivity contribution in [2.24, 2.45) is 5.73 Å². The Morgan fingerprint density at radius 1 is 1.33 bits per heavy atom. The van der Waals surface area contributed by atoms with Gasteiger partial charge in [0.15, 0.2) is 0 Å². The maximum absolute atomic E-state index is 5.59. The molecule has 18 heavy (non-hydrogen) atoms. The fourth-order valence-corrected chi connectivity index (χ4v) is 2.50. The number of likely N-dealkylation sites (tertiary alicyclic amines) is 1. The number of piperidine rings is 1. The molecule has 0 saturated carbocycles. The number of nitrogens with two attached hydrogens (primary N) is 1. The number of aromatic nitrogens is 1. The number of rotatable bonds is 4. The average Bonchev–Trinajstić information content (AvgIpc) is 2.38. The molecule has 1 aromatic heterocycles. The van der Waals surface area contributed by atoms with Gasteiger partial charge in [-0.15, -0.1) is 24.8 Å². The normalized spacial score (nSPS) is 19.7. The van der Waals surface area contributed by atoms with Crippen LogP contribution < -0.4 is 5.73 Å². The molecule has 5 heteroatoms. The van der Waals surface area contributed by atoms with Gasteiger partial charge in [-0.05, 0) is 50.5 Å². The molecule has 0 aliphatic carbocycles. The Hall–Kier alpha value is -0.350. The first-order valence-corrected chi connectivity index (χ1v) is 6.26. The maximum Gasteiger partial charge on any atom is 0.0363 e. The Balaban J connectivity index is 0.00000144. The highest BCUT2D eigenvalue weighted by atomic mass is 35.5. The van der Waals surface area contributed by atoms with Crippen molar-refractivity contribution in [3.63, 3.8) is 0 Å². The second-order valence-electron chi connectivity index (χ2n) is 4.48. The number of halogens is 2. The van der Waals surface area contributed by atoms with Crippen LogP contribution >= 0.6 is 24.8 Å². The molecular weight excluding hydrogens is 269 g/mol. The Labute approximate surface area is 122 Å². The Morgan fingerprint density at radius 2 is 2.17 bits per heavy atom. The molecule has 1 saturated heterocycles. The molecule has 1 aliphatic rings. The second-order valence-corrected chi connectivity index (χ2v) is 4.48. The van der Waals surface area contributed by atoms with Crippen LogP contribution in [0.5, 0.6) is 0 Å². The van der Waals surface area contributed by atoms with Crippen LogP contribution in [0.15, 0.2) is 24.5 Å². The van der Waals surface area contributed by atoms with Crippen LogP contribution in [0.4, 0.5) is 0 Å². The van der Waals surface area contributed by atoms with Crippen molar-refractivity contribution in [2.45, 2.75) is 31.7 Å². The molecule has 2 rings (SSSR count). The lowest BCUT2D eigenvalue weighted by atomic mass is 9.96. The fraction of sp³-hybridized carbons (Fsp3) is 0.615. The molecule has 0 amide bonds. The standard InChI is InChI=1S/C13H21N3.2ClH/c14-7-4-10-16-9-2-1-6-13(16)12-5-3-8-15-11-12;;/h3,5,8,11,13H,1-2,4,6-7,9-10,14H2;2*1H/t13-;;/m1../s1. The summed E-state index contributed by atoms with van der Waals surface area (Å²) in [7, 11) is 0. The molecular formula is C13H23Cl2N3. The summed E-state index contributed by atoms with van der Waals surface area (Å²) < 4.78 is 0. The number of hydrogen-bond donors (Lipinski definition) is 1. The number of hydrogen-bond acceptors (Lipinski definition) is 3. The van der Waals surface area contributed by atoms with E-state index in [4.69, 9.17) is 5.73 Å². The maximum atomic E-state index is 5.59. The van der Waals surface area contributed by atoms with E-state index in [1.165, 1.54) is 31.4 Å². The molecule has 3 nitrogen and oxygen atoms in total. The molecule has 1 aromatic rings. The minimum absolute atomic E-state index is 0. The van der Waals surface area contributed by atoms with Crippen molar-refractivity contribution < 1.29 is 0 Å². The predicted molar refractivity (Wildman–Crippen MR) is 80.6 cm³/mol. The van der Waals surface area contributed by atoms with Gasteiger partial charge < -0.3 is 5.73 Å². The molecule has 104 valence electrons. The average molecular weight is 292 g/mol. The van der Waals surface area contributed by atoms with Crippen molar-refractivity contribution >= 4 is 24.8 Å². The summed E-state index contributed by atoms with van der Waals surface area (Å²) in [4.78, 5) is 6.79. The Morgan fingerprint density at radius 3 is 2.83 bits per heavy atom. The molecule has 2 N–H and O–H groups in total. The van der Waals surface area contributed by atoms with E-state index < -0.39 is 0 Å². The third kappa shape index (κ3) is 4.73. The van der Waals surface area contributed by atoms with Crippen LogP contribution in [-0.2, 0) is 0 Å². The molecule has 0 spiro atoms. The Bertz CT molecular complexity index is 308. The van der Waals surface area contributed by atoms with E-state index in [2.05, 4.69) is 16.0 Å². The molecule has 1 aliphatic heterocycles. The number of nitrogens with zero attached hydrogens (tertiary/aromatic N) is 2. The minimum atomic E-state index is 0.